The Kier molecular flexibility index (Phi) is 5.03. The van der Waals surface area contributed by atoms with Crippen molar-refractivity contribution in [1.29, 1.82) is 0 Å². The monoisotopic (exact) mass is 346 g/mol. The molecule has 1 aliphatic heterocycles. The van der Waals surface area contributed by atoms with E-state index in [1.807, 2.05) is 6.92 Å². The lowest BCUT2D eigenvalue weighted by Gasteiger charge is -2.34. The third-order valence-electron chi connectivity index (χ3n) is 4.66. The SMILES string of the molecule is C[C@@H](NC(=O)c1ccnn1C)c1cc(F)ccc1N1CCC(O)CC1. The van der Waals surface area contributed by atoms with Crippen LogP contribution in [0.2, 0.25) is 0 Å². The third kappa shape index (κ3) is 3.82. The quantitative estimate of drug-likeness (QED) is 0.888. The van der Waals surface area contributed by atoms with Crippen LogP contribution in [-0.4, -0.2) is 40.0 Å². The predicted molar refractivity (Wildman–Crippen MR) is 92.9 cm³/mol. The standard InChI is InChI=1S/C18H23FN4O2/c1-12(21-18(25)17-5-8-20-22(17)2)15-11-13(19)3-4-16(15)23-9-6-14(24)7-10-23/h3-5,8,11-12,14,24H,6-7,9-10H2,1-2H3,(H,21,25)/t12-/m1/s1. The summed E-state index contributed by atoms with van der Waals surface area (Å²) >= 11 is 0. The highest BCUT2D eigenvalue weighted by Gasteiger charge is 2.23. The molecule has 0 unspecified atom stereocenters. The topological polar surface area (TPSA) is 70.4 Å². The van der Waals surface area contributed by atoms with E-state index in [0.717, 1.165) is 11.3 Å². The van der Waals surface area contributed by atoms with Crippen molar-refractivity contribution in [3.8, 4) is 0 Å². The molecule has 3 rings (SSSR count). The van der Waals surface area contributed by atoms with E-state index in [4.69, 9.17) is 0 Å². The van der Waals surface area contributed by atoms with Gasteiger partial charge in [-0.05, 0) is 44.0 Å². The van der Waals surface area contributed by atoms with E-state index in [-0.39, 0.29) is 23.9 Å². The molecule has 134 valence electrons. The van der Waals surface area contributed by atoms with Crippen LogP contribution < -0.4 is 10.2 Å². The third-order valence-corrected chi connectivity index (χ3v) is 4.66. The van der Waals surface area contributed by atoms with Crippen LogP contribution in [0.3, 0.4) is 0 Å². The maximum Gasteiger partial charge on any atom is 0.270 e. The molecule has 0 spiro atoms. The molecule has 1 aromatic heterocycles. The summed E-state index contributed by atoms with van der Waals surface area (Å²) in [6.07, 6.45) is 2.66. The molecular formula is C18H23FN4O2. The molecule has 0 radical (unpaired) electrons. The maximum atomic E-state index is 13.8. The second-order valence-electron chi connectivity index (χ2n) is 6.46. The van der Waals surface area contributed by atoms with Gasteiger partial charge in [0, 0.05) is 37.6 Å². The minimum absolute atomic E-state index is 0.253. The number of carbonyl (C=O) groups is 1. The molecule has 7 heteroatoms. The molecule has 2 heterocycles. The molecule has 6 nitrogen and oxygen atoms in total. The minimum atomic E-state index is -0.361. The van der Waals surface area contributed by atoms with E-state index >= 15 is 0 Å². The molecule has 1 fully saturated rings. The molecule has 0 saturated carbocycles. The Morgan fingerprint density at radius 1 is 1.36 bits per heavy atom. The zero-order valence-corrected chi connectivity index (χ0v) is 14.4. The smallest absolute Gasteiger partial charge is 0.270 e. The van der Waals surface area contributed by atoms with Crippen molar-refractivity contribution in [1.82, 2.24) is 15.1 Å². The van der Waals surface area contributed by atoms with Crippen molar-refractivity contribution in [2.45, 2.75) is 31.9 Å². The number of hydrogen-bond donors (Lipinski definition) is 2. The zero-order valence-electron chi connectivity index (χ0n) is 14.4. The number of benzene rings is 1. The van der Waals surface area contributed by atoms with E-state index < -0.39 is 0 Å². The Morgan fingerprint density at radius 2 is 2.08 bits per heavy atom. The van der Waals surface area contributed by atoms with Crippen molar-refractivity contribution < 1.29 is 14.3 Å². The lowest BCUT2D eigenvalue weighted by Crippen LogP contribution is -2.37. The lowest BCUT2D eigenvalue weighted by atomic mass is 10.0. The van der Waals surface area contributed by atoms with Crippen LogP contribution in [0.1, 0.15) is 41.9 Å². The zero-order chi connectivity index (χ0) is 18.0. The van der Waals surface area contributed by atoms with Crippen molar-refractivity contribution >= 4 is 11.6 Å². The van der Waals surface area contributed by atoms with E-state index in [2.05, 4.69) is 15.3 Å². The summed E-state index contributed by atoms with van der Waals surface area (Å²) in [5, 5.41) is 16.6. The van der Waals surface area contributed by atoms with Gasteiger partial charge in [-0.1, -0.05) is 0 Å². The van der Waals surface area contributed by atoms with E-state index in [0.29, 0.717) is 31.6 Å². The van der Waals surface area contributed by atoms with Gasteiger partial charge in [0.05, 0.1) is 12.1 Å². The highest BCUT2D eigenvalue weighted by molar-refractivity contribution is 5.92. The molecule has 0 bridgehead atoms. The summed E-state index contributed by atoms with van der Waals surface area (Å²) in [7, 11) is 1.70. The summed E-state index contributed by atoms with van der Waals surface area (Å²) in [4.78, 5) is 14.5. The predicted octanol–water partition coefficient (Wildman–Crippen LogP) is 2.01. The van der Waals surface area contributed by atoms with Gasteiger partial charge in [0.25, 0.3) is 5.91 Å². The largest absolute Gasteiger partial charge is 0.393 e. The minimum Gasteiger partial charge on any atom is -0.393 e. The molecule has 25 heavy (non-hydrogen) atoms. The van der Waals surface area contributed by atoms with Crippen molar-refractivity contribution in [3.05, 3.63) is 47.5 Å². The molecule has 2 N–H and O–H groups in total. The number of aliphatic hydroxyl groups is 1. The Morgan fingerprint density at radius 3 is 2.72 bits per heavy atom. The summed E-state index contributed by atoms with van der Waals surface area (Å²) in [6, 6.07) is 5.92. The van der Waals surface area contributed by atoms with Crippen LogP contribution in [0.5, 0.6) is 0 Å². The van der Waals surface area contributed by atoms with Gasteiger partial charge in [0.2, 0.25) is 0 Å². The number of nitrogens with one attached hydrogen (secondary N) is 1. The summed E-state index contributed by atoms with van der Waals surface area (Å²) < 4.78 is 15.3. The fourth-order valence-corrected chi connectivity index (χ4v) is 3.21. The van der Waals surface area contributed by atoms with Gasteiger partial charge < -0.3 is 15.3 Å². The summed E-state index contributed by atoms with van der Waals surface area (Å²) in [6.45, 7) is 3.26. The molecule has 1 amide bonds. The highest BCUT2D eigenvalue weighted by atomic mass is 19.1. The van der Waals surface area contributed by atoms with Crippen molar-refractivity contribution in [2.24, 2.45) is 7.05 Å². The van der Waals surface area contributed by atoms with Crippen molar-refractivity contribution in [3.63, 3.8) is 0 Å². The van der Waals surface area contributed by atoms with Crippen LogP contribution in [0.25, 0.3) is 0 Å². The van der Waals surface area contributed by atoms with Crippen LogP contribution in [0.4, 0.5) is 10.1 Å². The van der Waals surface area contributed by atoms with Gasteiger partial charge in [-0.2, -0.15) is 5.10 Å². The van der Waals surface area contributed by atoms with Crippen LogP contribution in [-0.2, 0) is 7.05 Å². The fourth-order valence-electron chi connectivity index (χ4n) is 3.21. The van der Waals surface area contributed by atoms with Gasteiger partial charge in [-0.25, -0.2) is 4.39 Å². The van der Waals surface area contributed by atoms with Crippen molar-refractivity contribution in [2.75, 3.05) is 18.0 Å². The number of rotatable bonds is 4. The van der Waals surface area contributed by atoms with Crippen LogP contribution in [0.15, 0.2) is 30.5 Å². The Balaban J connectivity index is 1.81. The summed E-state index contributed by atoms with van der Waals surface area (Å²) in [5.41, 5.74) is 2.07. The molecular weight excluding hydrogens is 323 g/mol. The average molecular weight is 346 g/mol. The van der Waals surface area contributed by atoms with E-state index in [9.17, 15) is 14.3 Å². The van der Waals surface area contributed by atoms with Gasteiger partial charge in [0.15, 0.2) is 0 Å². The van der Waals surface area contributed by atoms with E-state index in [1.54, 1.807) is 25.4 Å². The number of aliphatic hydroxyl groups excluding tert-OH is 1. The molecule has 0 aliphatic carbocycles. The van der Waals surface area contributed by atoms with Crippen LogP contribution in [0, 0.1) is 5.82 Å². The molecule has 1 aromatic carbocycles. The van der Waals surface area contributed by atoms with Gasteiger partial charge in [-0.15, -0.1) is 0 Å². The van der Waals surface area contributed by atoms with Crippen LogP contribution >= 0.6 is 0 Å². The number of anilines is 1. The molecule has 1 saturated heterocycles. The normalized spacial score (nSPS) is 16.7. The maximum absolute atomic E-state index is 13.8. The second kappa shape index (κ2) is 7.23. The Hall–Kier alpha value is -2.41. The highest BCUT2D eigenvalue weighted by Crippen LogP contribution is 2.30. The second-order valence-corrected chi connectivity index (χ2v) is 6.46. The first-order valence-electron chi connectivity index (χ1n) is 8.47. The van der Waals surface area contributed by atoms with Gasteiger partial charge in [0.1, 0.15) is 11.5 Å². The number of nitrogens with zero attached hydrogens (tertiary/aromatic N) is 3. The van der Waals surface area contributed by atoms with Gasteiger partial charge >= 0.3 is 0 Å². The number of aromatic nitrogens is 2. The van der Waals surface area contributed by atoms with E-state index in [1.165, 1.54) is 16.8 Å². The summed E-state index contributed by atoms with van der Waals surface area (Å²) in [5.74, 6) is -0.589. The first-order valence-corrected chi connectivity index (χ1v) is 8.47. The van der Waals surface area contributed by atoms with Gasteiger partial charge in [-0.3, -0.25) is 9.48 Å². The first kappa shape index (κ1) is 17.4. The molecule has 2 aromatic rings. The molecule has 1 aliphatic rings. The average Bonchev–Trinajstić information content (AvgIpc) is 3.02. The number of amides is 1. The number of piperidine rings is 1. The number of hydrogen-bond acceptors (Lipinski definition) is 4. The first-order chi connectivity index (χ1) is 12.0. The number of aryl methyl sites for hydroxylation is 1. The Bertz CT molecular complexity index is 753. The number of halogens is 1. The molecule has 1 atom stereocenters. The fraction of sp³-hybridized carbons (Fsp3) is 0.444. The number of carbonyl (C=O) groups excluding carboxylic acids is 1. The lowest BCUT2D eigenvalue weighted by molar-refractivity contribution is 0.0930. The Labute approximate surface area is 146 Å².